The van der Waals surface area contributed by atoms with Crippen molar-refractivity contribution in [3.63, 3.8) is 0 Å². The van der Waals surface area contributed by atoms with Gasteiger partial charge in [-0.3, -0.25) is 0 Å². The molecule has 6 aromatic carbocycles. The summed E-state index contributed by atoms with van der Waals surface area (Å²) in [6.45, 7) is 5.26. The van der Waals surface area contributed by atoms with Gasteiger partial charge in [0, 0.05) is 63.5 Å². The standard InChI is InChI=1S/C57H49N3O/c1-3-4-5-6-16-37-58(42-29-26-40(27-30-42)41-28-36-53-50(38-41)46-19-10-13-22-51(46)59(53)44-17-8-7-9-18-44)43-31-33-45(34-32-43)60-52-23-14-11-21-49(52)55-39(2)25-35-48-47-20-12-15-24-54(47)61-57(48)56(55)60/h4-36,38-39,50,53,55-56H,3,37H2,1-2H3. The van der Waals surface area contributed by atoms with Crippen LogP contribution in [0.4, 0.5) is 34.1 Å². The minimum atomic E-state index is 0.0325. The van der Waals surface area contributed by atoms with Gasteiger partial charge in [-0.25, -0.2) is 0 Å². The molecule has 5 atom stereocenters. The molecule has 1 aromatic heterocycles. The molecule has 4 aliphatic rings. The molecule has 4 heteroatoms. The first kappa shape index (κ1) is 37.0. The van der Waals surface area contributed by atoms with E-state index in [1.54, 1.807) is 0 Å². The number of para-hydroxylation sites is 4. The van der Waals surface area contributed by atoms with Crippen LogP contribution in [-0.2, 0) is 0 Å². The van der Waals surface area contributed by atoms with Crippen molar-refractivity contribution in [1.82, 2.24) is 0 Å². The minimum absolute atomic E-state index is 0.0325. The van der Waals surface area contributed by atoms with Gasteiger partial charge in [0.25, 0.3) is 0 Å². The number of allylic oxidation sites excluding steroid dienone is 6. The van der Waals surface area contributed by atoms with Gasteiger partial charge < -0.3 is 19.1 Å². The lowest BCUT2D eigenvalue weighted by Crippen LogP contribution is -2.28. The van der Waals surface area contributed by atoms with Gasteiger partial charge in [0.05, 0.1) is 6.04 Å². The van der Waals surface area contributed by atoms with Crippen LogP contribution in [0.5, 0.6) is 0 Å². The van der Waals surface area contributed by atoms with E-state index in [0.717, 1.165) is 41.4 Å². The van der Waals surface area contributed by atoms with E-state index < -0.39 is 0 Å². The number of hydrogen-bond acceptors (Lipinski definition) is 4. The van der Waals surface area contributed by atoms with E-state index in [4.69, 9.17) is 4.42 Å². The molecule has 0 amide bonds. The third-order valence-electron chi connectivity index (χ3n) is 13.2. The molecule has 0 radical (unpaired) electrons. The Morgan fingerprint density at radius 2 is 1.28 bits per heavy atom. The molecule has 298 valence electrons. The summed E-state index contributed by atoms with van der Waals surface area (Å²) in [7, 11) is 0. The highest BCUT2D eigenvalue weighted by molar-refractivity contribution is 5.91. The molecule has 11 rings (SSSR count). The average molecular weight is 792 g/mol. The summed E-state index contributed by atoms with van der Waals surface area (Å²) in [5.74, 6) is 1.92. The van der Waals surface area contributed by atoms with Crippen LogP contribution in [0.25, 0.3) is 22.6 Å². The zero-order chi connectivity index (χ0) is 40.9. The zero-order valence-corrected chi connectivity index (χ0v) is 34.7. The van der Waals surface area contributed by atoms with Gasteiger partial charge in [-0.2, -0.15) is 0 Å². The molecular formula is C57H49N3O. The van der Waals surface area contributed by atoms with Crippen LogP contribution in [0.1, 0.15) is 66.2 Å². The fraction of sp³-hybridized carbons (Fsp3) is 0.158. The Hall–Kier alpha value is -7.04. The smallest absolute Gasteiger partial charge is 0.135 e. The molecule has 0 N–H and O–H groups in total. The van der Waals surface area contributed by atoms with Crippen molar-refractivity contribution >= 4 is 56.7 Å². The first-order valence-corrected chi connectivity index (χ1v) is 21.9. The third-order valence-corrected chi connectivity index (χ3v) is 13.2. The van der Waals surface area contributed by atoms with Crippen molar-refractivity contribution in [3.05, 3.63) is 228 Å². The van der Waals surface area contributed by atoms with Crippen LogP contribution in [0.3, 0.4) is 0 Å². The summed E-state index contributed by atoms with van der Waals surface area (Å²) in [5, 5.41) is 1.18. The number of furan rings is 1. The monoisotopic (exact) mass is 791 g/mol. The number of nitrogens with zero attached hydrogens (tertiary/aromatic N) is 3. The van der Waals surface area contributed by atoms with Crippen LogP contribution in [0.2, 0.25) is 0 Å². The molecule has 0 saturated heterocycles. The molecule has 0 bridgehead atoms. The van der Waals surface area contributed by atoms with Crippen molar-refractivity contribution in [3.8, 4) is 0 Å². The molecule has 61 heavy (non-hydrogen) atoms. The average Bonchev–Trinajstić information content (AvgIpc) is 3.94. The first-order chi connectivity index (χ1) is 30.2. The lowest BCUT2D eigenvalue weighted by molar-refractivity contribution is 0.416. The normalized spacial score (nSPS) is 21.0. The Balaban J connectivity index is 0.918. The van der Waals surface area contributed by atoms with E-state index in [1.165, 1.54) is 50.3 Å². The number of anilines is 6. The van der Waals surface area contributed by atoms with Crippen molar-refractivity contribution in [1.29, 1.82) is 0 Å². The molecule has 2 aliphatic carbocycles. The Morgan fingerprint density at radius 1 is 0.623 bits per heavy atom. The highest BCUT2D eigenvalue weighted by Gasteiger charge is 2.46. The topological polar surface area (TPSA) is 22.9 Å². The predicted molar refractivity (Wildman–Crippen MR) is 256 cm³/mol. The molecule has 4 nitrogen and oxygen atoms in total. The van der Waals surface area contributed by atoms with Crippen LogP contribution >= 0.6 is 0 Å². The van der Waals surface area contributed by atoms with Gasteiger partial charge in [-0.15, -0.1) is 0 Å². The largest absolute Gasteiger partial charge is 0.458 e. The van der Waals surface area contributed by atoms with Crippen LogP contribution < -0.4 is 14.7 Å². The maximum atomic E-state index is 6.80. The number of fused-ring (bicyclic) bond motifs is 10. The lowest BCUT2D eigenvalue weighted by atomic mass is 9.84. The molecule has 0 spiro atoms. The number of hydrogen-bond donors (Lipinski definition) is 0. The second-order valence-electron chi connectivity index (χ2n) is 16.7. The number of rotatable bonds is 9. The summed E-state index contributed by atoms with van der Waals surface area (Å²) in [6.07, 6.45) is 21.6. The van der Waals surface area contributed by atoms with Gasteiger partial charge in [0.2, 0.25) is 0 Å². The highest BCUT2D eigenvalue weighted by Crippen LogP contribution is 2.58. The molecule has 5 unspecified atom stereocenters. The summed E-state index contributed by atoms with van der Waals surface area (Å²) in [6, 6.07) is 55.7. The van der Waals surface area contributed by atoms with E-state index in [2.05, 4.69) is 235 Å². The predicted octanol–water partition coefficient (Wildman–Crippen LogP) is 15.0. The Labute approximate surface area is 359 Å². The van der Waals surface area contributed by atoms with E-state index >= 15 is 0 Å². The van der Waals surface area contributed by atoms with Gasteiger partial charge in [-0.1, -0.05) is 153 Å². The van der Waals surface area contributed by atoms with Gasteiger partial charge in [0.1, 0.15) is 17.4 Å². The molecule has 3 heterocycles. The second kappa shape index (κ2) is 15.5. The van der Waals surface area contributed by atoms with Gasteiger partial charge >= 0.3 is 0 Å². The quantitative estimate of drug-likeness (QED) is 0.136. The first-order valence-electron chi connectivity index (χ1n) is 21.9. The van der Waals surface area contributed by atoms with E-state index in [0.29, 0.717) is 5.92 Å². The Morgan fingerprint density at radius 3 is 2.07 bits per heavy atom. The molecule has 0 fully saturated rings. The maximum Gasteiger partial charge on any atom is 0.135 e. The van der Waals surface area contributed by atoms with Crippen molar-refractivity contribution in [2.75, 3.05) is 21.2 Å². The SMILES string of the molecule is CCC=CC=CCN(c1ccc(C2=CC3c4ccccc4N(c4ccccc4)C3C=C2)cc1)c1ccc(N2c3ccccc3C3C(C)C=Cc4c(oc5ccccc45)C32)cc1. The van der Waals surface area contributed by atoms with Crippen molar-refractivity contribution in [2.45, 2.75) is 44.2 Å². The van der Waals surface area contributed by atoms with Crippen molar-refractivity contribution < 1.29 is 4.42 Å². The Kier molecular flexibility index (Phi) is 9.42. The van der Waals surface area contributed by atoms with Gasteiger partial charge in [-0.05, 0) is 101 Å². The maximum absolute atomic E-state index is 6.80. The minimum Gasteiger partial charge on any atom is -0.458 e. The zero-order valence-electron chi connectivity index (χ0n) is 34.7. The molecule has 2 aliphatic heterocycles. The van der Waals surface area contributed by atoms with E-state index in [9.17, 15) is 0 Å². The second-order valence-corrected chi connectivity index (χ2v) is 16.7. The third kappa shape index (κ3) is 6.37. The molecular weight excluding hydrogens is 743 g/mol. The van der Waals surface area contributed by atoms with Gasteiger partial charge in [0.15, 0.2) is 0 Å². The summed E-state index contributed by atoms with van der Waals surface area (Å²) in [5.41, 5.74) is 14.6. The summed E-state index contributed by atoms with van der Waals surface area (Å²) < 4.78 is 6.80. The summed E-state index contributed by atoms with van der Waals surface area (Å²) in [4.78, 5) is 7.43. The Bertz CT molecular complexity index is 2880. The molecule has 7 aromatic rings. The van der Waals surface area contributed by atoms with Crippen LogP contribution in [0.15, 0.2) is 205 Å². The van der Waals surface area contributed by atoms with Crippen LogP contribution in [0, 0.1) is 5.92 Å². The number of benzene rings is 6. The molecule has 0 saturated carbocycles. The fourth-order valence-corrected chi connectivity index (χ4v) is 10.3. The fourth-order valence-electron chi connectivity index (χ4n) is 10.3. The highest BCUT2D eigenvalue weighted by atomic mass is 16.3. The van der Waals surface area contributed by atoms with Crippen molar-refractivity contribution in [2.24, 2.45) is 5.92 Å². The lowest BCUT2D eigenvalue weighted by Gasteiger charge is -2.31. The summed E-state index contributed by atoms with van der Waals surface area (Å²) >= 11 is 0. The van der Waals surface area contributed by atoms with E-state index in [-0.39, 0.29) is 23.9 Å². The van der Waals surface area contributed by atoms with Crippen LogP contribution in [-0.4, -0.2) is 12.6 Å². The van der Waals surface area contributed by atoms with E-state index in [1.807, 2.05) is 0 Å².